The zero-order valence-electron chi connectivity index (χ0n) is 10.6. The fourth-order valence-corrected chi connectivity index (χ4v) is 2.79. The third kappa shape index (κ3) is 2.33. The van der Waals surface area contributed by atoms with E-state index >= 15 is 0 Å². The maximum atomic E-state index is 12.4. The number of carbonyl (C=O) groups is 1. The van der Waals surface area contributed by atoms with E-state index in [-0.39, 0.29) is 11.7 Å². The van der Waals surface area contributed by atoms with Gasteiger partial charge in [0, 0.05) is 12.1 Å². The summed E-state index contributed by atoms with van der Waals surface area (Å²) in [5.41, 5.74) is 7.42. The second-order valence-electron chi connectivity index (χ2n) is 5.04. The van der Waals surface area contributed by atoms with Gasteiger partial charge in [0.2, 0.25) is 0 Å². The first-order chi connectivity index (χ1) is 8.13. The molecule has 2 N–H and O–H groups in total. The molecule has 0 spiro atoms. The molecule has 0 radical (unpaired) electrons. The molecule has 0 aliphatic heterocycles. The number of nitrogen functional groups attached to an aromatic ring is 1. The lowest BCUT2D eigenvalue weighted by Gasteiger charge is -2.12. The lowest BCUT2D eigenvalue weighted by Crippen LogP contribution is -2.16. The summed E-state index contributed by atoms with van der Waals surface area (Å²) >= 11 is 0. The number of pyridine rings is 1. The predicted octanol–water partition coefficient (Wildman–Crippen LogP) is 2.98. The lowest BCUT2D eigenvalue weighted by molar-refractivity contribution is 0.0920. The fourth-order valence-electron chi connectivity index (χ4n) is 2.79. The van der Waals surface area contributed by atoms with Crippen molar-refractivity contribution in [3.63, 3.8) is 0 Å². The lowest BCUT2D eigenvalue weighted by atomic mass is 9.92. The summed E-state index contributed by atoms with van der Waals surface area (Å²) in [6.45, 7) is 4.12. The summed E-state index contributed by atoms with van der Waals surface area (Å²) in [6.07, 6.45) is 6.02. The number of ketones is 1. The Morgan fingerprint density at radius 1 is 1.53 bits per heavy atom. The van der Waals surface area contributed by atoms with Gasteiger partial charge in [0.1, 0.15) is 5.82 Å². The quantitative estimate of drug-likeness (QED) is 0.815. The minimum atomic E-state index is 0.158. The molecule has 0 saturated heterocycles. The molecular weight excluding hydrogens is 212 g/mol. The zero-order valence-corrected chi connectivity index (χ0v) is 10.6. The second-order valence-corrected chi connectivity index (χ2v) is 5.04. The maximum Gasteiger partial charge on any atom is 0.169 e. The standard InChI is InChI=1S/C14H20N2O/c1-3-10-4-5-11(8-10)13(17)12-9(2)6-7-16-14(12)15/h6-7,10-11H,3-5,8H2,1-2H3,(H2,15,16). The second kappa shape index (κ2) is 4.86. The first kappa shape index (κ1) is 12.1. The Bertz CT molecular complexity index is 408. The Kier molecular flexibility index (Phi) is 3.46. The van der Waals surface area contributed by atoms with Crippen LogP contribution in [0, 0.1) is 18.8 Å². The number of hydrogen-bond donors (Lipinski definition) is 1. The minimum absolute atomic E-state index is 0.158. The highest BCUT2D eigenvalue weighted by Crippen LogP contribution is 2.36. The summed E-state index contributed by atoms with van der Waals surface area (Å²) in [5.74, 6) is 1.45. The summed E-state index contributed by atoms with van der Waals surface area (Å²) in [7, 11) is 0. The van der Waals surface area contributed by atoms with Crippen LogP contribution in [-0.2, 0) is 0 Å². The zero-order chi connectivity index (χ0) is 12.4. The van der Waals surface area contributed by atoms with Crippen LogP contribution >= 0.6 is 0 Å². The summed E-state index contributed by atoms with van der Waals surface area (Å²) in [4.78, 5) is 16.5. The van der Waals surface area contributed by atoms with Crippen LogP contribution in [0.5, 0.6) is 0 Å². The van der Waals surface area contributed by atoms with Crippen molar-refractivity contribution < 1.29 is 4.79 Å². The average molecular weight is 232 g/mol. The number of nitrogens with two attached hydrogens (primary N) is 1. The van der Waals surface area contributed by atoms with Crippen molar-refractivity contribution in [2.75, 3.05) is 5.73 Å². The Hall–Kier alpha value is -1.38. The van der Waals surface area contributed by atoms with Crippen LogP contribution in [0.3, 0.4) is 0 Å². The van der Waals surface area contributed by atoms with Gasteiger partial charge in [-0.15, -0.1) is 0 Å². The SMILES string of the molecule is CCC1CCC(C(=O)c2c(C)ccnc2N)C1. The number of Topliss-reactive ketones (excluding diaryl/α,β-unsaturated/α-hetero) is 1. The molecule has 1 aliphatic rings. The van der Waals surface area contributed by atoms with Gasteiger partial charge in [-0.3, -0.25) is 4.79 Å². The third-order valence-corrected chi connectivity index (χ3v) is 3.92. The molecule has 0 bridgehead atoms. The highest BCUT2D eigenvalue weighted by molar-refractivity contribution is 6.02. The van der Waals surface area contributed by atoms with Crippen LogP contribution in [0.2, 0.25) is 0 Å². The van der Waals surface area contributed by atoms with Crippen molar-refractivity contribution in [3.05, 3.63) is 23.4 Å². The highest BCUT2D eigenvalue weighted by atomic mass is 16.1. The maximum absolute atomic E-state index is 12.4. The van der Waals surface area contributed by atoms with Gasteiger partial charge in [-0.2, -0.15) is 0 Å². The van der Waals surface area contributed by atoms with Gasteiger partial charge in [0.25, 0.3) is 0 Å². The number of rotatable bonds is 3. The topological polar surface area (TPSA) is 56.0 Å². The molecule has 0 amide bonds. The summed E-state index contributed by atoms with van der Waals surface area (Å²) < 4.78 is 0. The summed E-state index contributed by atoms with van der Waals surface area (Å²) in [5, 5.41) is 0. The van der Waals surface area contributed by atoms with E-state index in [2.05, 4.69) is 11.9 Å². The Morgan fingerprint density at radius 2 is 2.29 bits per heavy atom. The first-order valence-electron chi connectivity index (χ1n) is 6.38. The molecule has 17 heavy (non-hydrogen) atoms. The molecule has 92 valence electrons. The number of nitrogens with zero attached hydrogens (tertiary/aromatic N) is 1. The molecular formula is C14H20N2O. The average Bonchev–Trinajstić information content (AvgIpc) is 2.77. The molecule has 1 saturated carbocycles. The molecule has 2 atom stereocenters. The van der Waals surface area contributed by atoms with Crippen molar-refractivity contribution in [1.29, 1.82) is 0 Å². The smallest absolute Gasteiger partial charge is 0.169 e. The molecule has 2 rings (SSSR count). The van der Waals surface area contributed by atoms with Crippen LogP contribution in [0.1, 0.15) is 48.5 Å². The Morgan fingerprint density at radius 3 is 2.88 bits per heavy atom. The van der Waals surface area contributed by atoms with Crippen LogP contribution < -0.4 is 5.73 Å². The van der Waals surface area contributed by atoms with E-state index in [0.717, 1.165) is 18.4 Å². The van der Waals surface area contributed by atoms with E-state index in [1.807, 2.05) is 13.0 Å². The molecule has 3 nitrogen and oxygen atoms in total. The molecule has 1 fully saturated rings. The van der Waals surface area contributed by atoms with Crippen molar-refractivity contribution >= 4 is 11.6 Å². The molecule has 3 heteroatoms. The van der Waals surface area contributed by atoms with Crippen LogP contribution in [0.4, 0.5) is 5.82 Å². The van der Waals surface area contributed by atoms with Crippen molar-refractivity contribution in [3.8, 4) is 0 Å². The Labute approximate surface area is 102 Å². The molecule has 0 aromatic carbocycles. The normalized spacial score (nSPS) is 23.9. The van der Waals surface area contributed by atoms with Crippen LogP contribution in [0.25, 0.3) is 0 Å². The number of aromatic nitrogens is 1. The number of hydrogen-bond acceptors (Lipinski definition) is 3. The van der Waals surface area contributed by atoms with Gasteiger partial charge < -0.3 is 5.73 Å². The highest BCUT2D eigenvalue weighted by Gasteiger charge is 2.31. The van der Waals surface area contributed by atoms with E-state index in [1.54, 1.807) is 6.20 Å². The van der Waals surface area contributed by atoms with E-state index in [9.17, 15) is 4.79 Å². The molecule has 1 heterocycles. The number of carbonyl (C=O) groups excluding carboxylic acids is 1. The number of aryl methyl sites for hydroxylation is 1. The van der Waals surface area contributed by atoms with Crippen LogP contribution in [0.15, 0.2) is 12.3 Å². The minimum Gasteiger partial charge on any atom is -0.383 e. The summed E-state index contributed by atoms with van der Waals surface area (Å²) in [6, 6.07) is 1.86. The van der Waals surface area contributed by atoms with Gasteiger partial charge in [-0.1, -0.05) is 13.3 Å². The fraction of sp³-hybridized carbons (Fsp3) is 0.571. The molecule has 1 aromatic heterocycles. The molecule has 1 aliphatic carbocycles. The van der Waals surface area contributed by atoms with Crippen LogP contribution in [-0.4, -0.2) is 10.8 Å². The molecule has 2 unspecified atom stereocenters. The first-order valence-corrected chi connectivity index (χ1v) is 6.38. The van der Waals surface area contributed by atoms with E-state index < -0.39 is 0 Å². The van der Waals surface area contributed by atoms with E-state index in [1.165, 1.54) is 12.8 Å². The van der Waals surface area contributed by atoms with Crippen molar-refractivity contribution in [1.82, 2.24) is 4.98 Å². The predicted molar refractivity (Wildman–Crippen MR) is 68.8 cm³/mol. The largest absolute Gasteiger partial charge is 0.383 e. The van der Waals surface area contributed by atoms with Gasteiger partial charge >= 0.3 is 0 Å². The monoisotopic (exact) mass is 232 g/mol. The van der Waals surface area contributed by atoms with E-state index in [0.29, 0.717) is 17.3 Å². The van der Waals surface area contributed by atoms with Gasteiger partial charge in [-0.05, 0) is 43.7 Å². The van der Waals surface area contributed by atoms with Gasteiger partial charge in [-0.25, -0.2) is 4.98 Å². The Balaban J connectivity index is 2.21. The number of anilines is 1. The van der Waals surface area contributed by atoms with Crippen molar-refractivity contribution in [2.24, 2.45) is 11.8 Å². The van der Waals surface area contributed by atoms with Gasteiger partial charge in [0.05, 0.1) is 5.56 Å². The van der Waals surface area contributed by atoms with Gasteiger partial charge in [0.15, 0.2) is 5.78 Å². The van der Waals surface area contributed by atoms with E-state index in [4.69, 9.17) is 5.73 Å². The van der Waals surface area contributed by atoms with Crippen molar-refractivity contribution in [2.45, 2.75) is 39.5 Å². The third-order valence-electron chi connectivity index (χ3n) is 3.92. The molecule has 1 aromatic rings.